The summed E-state index contributed by atoms with van der Waals surface area (Å²) in [5.74, 6) is 1.95. The molecule has 0 fully saturated rings. The number of benzene rings is 1. The molecule has 16 heavy (non-hydrogen) atoms. The molecule has 0 aliphatic rings. The van der Waals surface area contributed by atoms with Crippen molar-refractivity contribution in [1.82, 2.24) is 9.78 Å². The van der Waals surface area contributed by atoms with E-state index in [1.807, 2.05) is 31.4 Å². The first-order valence-electron chi connectivity index (χ1n) is 4.70. The molecule has 0 saturated heterocycles. The standard InChI is InChI=1S/C11H10BrClN2O/c1-15-7-9(6-14-15)16-11-3-2-8(5-13)4-10(11)12/h2-4,6-7H,5H2,1H3. The highest BCUT2D eigenvalue weighted by atomic mass is 79.9. The highest BCUT2D eigenvalue weighted by Crippen LogP contribution is 2.30. The van der Waals surface area contributed by atoms with E-state index in [0.29, 0.717) is 11.6 Å². The first-order chi connectivity index (χ1) is 7.69. The van der Waals surface area contributed by atoms with E-state index >= 15 is 0 Å². The van der Waals surface area contributed by atoms with Crippen LogP contribution in [0.25, 0.3) is 0 Å². The van der Waals surface area contributed by atoms with Crippen molar-refractivity contribution in [2.45, 2.75) is 5.88 Å². The van der Waals surface area contributed by atoms with Crippen LogP contribution in [-0.2, 0) is 12.9 Å². The van der Waals surface area contributed by atoms with Gasteiger partial charge in [-0.2, -0.15) is 5.10 Å². The van der Waals surface area contributed by atoms with Crippen molar-refractivity contribution in [3.05, 3.63) is 40.6 Å². The van der Waals surface area contributed by atoms with Gasteiger partial charge in [0.15, 0.2) is 5.75 Å². The minimum absolute atomic E-state index is 0.492. The zero-order chi connectivity index (χ0) is 11.5. The van der Waals surface area contributed by atoms with Crippen LogP contribution in [0.15, 0.2) is 35.1 Å². The number of halogens is 2. The lowest BCUT2D eigenvalue weighted by atomic mass is 10.2. The Bertz CT molecular complexity index is 498. The molecule has 0 saturated carbocycles. The third kappa shape index (κ3) is 2.57. The average Bonchev–Trinajstić information content (AvgIpc) is 2.67. The number of aromatic nitrogens is 2. The van der Waals surface area contributed by atoms with E-state index in [-0.39, 0.29) is 0 Å². The number of hydrogen-bond donors (Lipinski definition) is 0. The van der Waals surface area contributed by atoms with E-state index in [2.05, 4.69) is 21.0 Å². The molecule has 0 N–H and O–H groups in total. The lowest BCUT2D eigenvalue weighted by Gasteiger charge is -2.06. The molecule has 0 spiro atoms. The number of alkyl halides is 1. The van der Waals surface area contributed by atoms with E-state index in [9.17, 15) is 0 Å². The number of ether oxygens (including phenoxy) is 1. The Balaban J connectivity index is 2.21. The summed E-state index contributed by atoms with van der Waals surface area (Å²) < 4.78 is 8.23. The third-order valence-electron chi connectivity index (χ3n) is 2.06. The van der Waals surface area contributed by atoms with Crippen molar-refractivity contribution in [2.75, 3.05) is 0 Å². The van der Waals surface area contributed by atoms with Crippen LogP contribution in [0.1, 0.15) is 5.56 Å². The minimum atomic E-state index is 0.492. The molecule has 1 aromatic heterocycles. The summed E-state index contributed by atoms with van der Waals surface area (Å²) in [5, 5.41) is 4.03. The predicted molar refractivity (Wildman–Crippen MR) is 67.0 cm³/mol. The molecule has 0 amide bonds. The van der Waals surface area contributed by atoms with E-state index in [4.69, 9.17) is 16.3 Å². The van der Waals surface area contributed by atoms with Gasteiger partial charge in [-0.1, -0.05) is 6.07 Å². The van der Waals surface area contributed by atoms with Gasteiger partial charge in [-0.25, -0.2) is 0 Å². The number of aryl methyl sites for hydroxylation is 1. The van der Waals surface area contributed by atoms with Gasteiger partial charge in [-0.3, -0.25) is 4.68 Å². The zero-order valence-corrected chi connectivity index (χ0v) is 11.0. The van der Waals surface area contributed by atoms with Gasteiger partial charge in [0.25, 0.3) is 0 Å². The Morgan fingerprint density at radius 3 is 2.88 bits per heavy atom. The highest BCUT2D eigenvalue weighted by Gasteiger charge is 2.05. The lowest BCUT2D eigenvalue weighted by molar-refractivity contribution is 0.479. The molecule has 2 rings (SSSR count). The minimum Gasteiger partial charge on any atom is -0.453 e. The molecule has 1 heterocycles. The first-order valence-corrected chi connectivity index (χ1v) is 6.02. The summed E-state index contributed by atoms with van der Waals surface area (Å²) in [6, 6.07) is 5.76. The monoisotopic (exact) mass is 300 g/mol. The molecule has 84 valence electrons. The quantitative estimate of drug-likeness (QED) is 0.808. The molecular formula is C11H10BrClN2O. The van der Waals surface area contributed by atoms with Crippen LogP contribution in [0.2, 0.25) is 0 Å². The second-order valence-corrected chi connectivity index (χ2v) is 4.47. The van der Waals surface area contributed by atoms with E-state index < -0.39 is 0 Å². The highest BCUT2D eigenvalue weighted by molar-refractivity contribution is 9.10. The van der Waals surface area contributed by atoms with Crippen LogP contribution in [0.3, 0.4) is 0 Å². The van der Waals surface area contributed by atoms with Gasteiger partial charge >= 0.3 is 0 Å². The largest absolute Gasteiger partial charge is 0.453 e. The van der Waals surface area contributed by atoms with E-state index in [1.165, 1.54) is 0 Å². The van der Waals surface area contributed by atoms with Crippen molar-refractivity contribution < 1.29 is 4.74 Å². The molecular weight excluding hydrogens is 291 g/mol. The van der Waals surface area contributed by atoms with Crippen molar-refractivity contribution in [3.8, 4) is 11.5 Å². The normalized spacial score (nSPS) is 10.4. The Kier molecular flexibility index (Phi) is 3.51. The van der Waals surface area contributed by atoms with Crippen molar-refractivity contribution in [2.24, 2.45) is 7.05 Å². The molecule has 1 aromatic carbocycles. The third-order valence-corrected chi connectivity index (χ3v) is 2.99. The molecule has 2 aromatic rings. The van der Waals surface area contributed by atoms with Crippen molar-refractivity contribution in [3.63, 3.8) is 0 Å². The maximum atomic E-state index is 5.74. The summed E-state index contributed by atoms with van der Waals surface area (Å²) in [6.07, 6.45) is 3.48. The Labute approximate surface area is 107 Å². The first kappa shape index (κ1) is 11.5. The maximum absolute atomic E-state index is 5.74. The van der Waals surface area contributed by atoms with Crippen LogP contribution in [0, 0.1) is 0 Å². The molecule has 0 aliphatic carbocycles. The number of hydrogen-bond acceptors (Lipinski definition) is 2. The van der Waals surface area contributed by atoms with E-state index in [1.54, 1.807) is 10.9 Å². The van der Waals surface area contributed by atoms with Gasteiger partial charge in [0, 0.05) is 12.9 Å². The number of rotatable bonds is 3. The van der Waals surface area contributed by atoms with Gasteiger partial charge in [0.05, 0.1) is 16.9 Å². The van der Waals surface area contributed by atoms with Crippen molar-refractivity contribution in [1.29, 1.82) is 0 Å². The summed E-state index contributed by atoms with van der Waals surface area (Å²) in [4.78, 5) is 0. The lowest BCUT2D eigenvalue weighted by Crippen LogP contribution is -1.86. The predicted octanol–water partition coefficient (Wildman–Crippen LogP) is 3.71. The fourth-order valence-corrected chi connectivity index (χ4v) is 1.96. The van der Waals surface area contributed by atoms with Gasteiger partial charge in [0.1, 0.15) is 5.75 Å². The van der Waals surface area contributed by atoms with Gasteiger partial charge in [0.2, 0.25) is 0 Å². The Morgan fingerprint density at radius 2 is 2.31 bits per heavy atom. The molecule has 0 radical (unpaired) electrons. The maximum Gasteiger partial charge on any atom is 0.165 e. The van der Waals surface area contributed by atoms with Crippen LogP contribution in [-0.4, -0.2) is 9.78 Å². The average molecular weight is 302 g/mol. The molecule has 0 atom stereocenters. The summed E-state index contributed by atoms with van der Waals surface area (Å²) in [5.41, 5.74) is 1.05. The fourth-order valence-electron chi connectivity index (χ4n) is 1.29. The number of nitrogens with zero attached hydrogens (tertiary/aromatic N) is 2. The molecule has 0 bridgehead atoms. The van der Waals surface area contributed by atoms with Gasteiger partial charge in [-0.15, -0.1) is 11.6 Å². The zero-order valence-electron chi connectivity index (χ0n) is 8.65. The smallest absolute Gasteiger partial charge is 0.165 e. The van der Waals surface area contributed by atoms with Crippen LogP contribution in [0.4, 0.5) is 0 Å². The summed E-state index contributed by atoms with van der Waals surface area (Å²) in [6.45, 7) is 0. The van der Waals surface area contributed by atoms with Crippen LogP contribution < -0.4 is 4.74 Å². The molecule has 0 unspecified atom stereocenters. The fraction of sp³-hybridized carbons (Fsp3) is 0.182. The van der Waals surface area contributed by atoms with Crippen molar-refractivity contribution >= 4 is 27.5 Å². The van der Waals surface area contributed by atoms with Crippen LogP contribution >= 0.6 is 27.5 Å². The molecule has 5 heteroatoms. The Morgan fingerprint density at radius 1 is 1.50 bits per heavy atom. The topological polar surface area (TPSA) is 27.1 Å². The molecule has 0 aliphatic heterocycles. The van der Waals surface area contributed by atoms with E-state index in [0.717, 1.165) is 15.8 Å². The Hall–Kier alpha value is -1.00. The van der Waals surface area contributed by atoms with Crippen LogP contribution in [0.5, 0.6) is 11.5 Å². The second kappa shape index (κ2) is 4.89. The summed E-state index contributed by atoms with van der Waals surface area (Å²) in [7, 11) is 1.85. The van der Waals surface area contributed by atoms with Gasteiger partial charge in [-0.05, 0) is 33.6 Å². The summed E-state index contributed by atoms with van der Waals surface area (Å²) >= 11 is 9.18. The molecule has 3 nitrogen and oxygen atoms in total. The SMILES string of the molecule is Cn1cc(Oc2ccc(CCl)cc2Br)cn1. The van der Waals surface area contributed by atoms with Gasteiger partial charge < -0.3 is 4.74 Å². The second-order valence-electron chi connectivity index (χ2n) is 3.35.